The van der Waals surface area contributed by atoms with E-state index in [2.05, 4.69) is 0 Å². The van der Waals surface area contributed by atoms with Gasteiger partial charge in [-0.2, -0.15) is 7.82 Å². The van der Waals surface area contributed by atoms with Crippen LogP contribution < -0.4 is 14.7 Å². The molecule has 0 radical (unpaired) electrons. The summed E-state index contributed by atoms with van der Waals surface area (Å²) in [6, 6.07) is 0. The summed E-state index contributed by atoms with van der Waals surface area (Å²) in [7, 11) is -5.39. The molecule has 0 saturated heterocycles. The SMILES string of the molecule is O=P([O-])([O-])[O-].[Mn+5].[Se-2]. The third kappa shape index (κ3) is 144. The van der Waals surface area contributed by atoms with Gasteiger partial charge in [0, 0.05) is 0 Å². The Hall–Kier alpha value is 1.15. The zero-order valence-electron chi connectivity index (χ0n) is 2.87. The fraction of sp³-hybridized carbons (Fsp3) is 0. The molecular formula is MnO4PSe. The summed E-state index contributed by atoms with van der Waals surface area (Å²) >= 11 is 0. The fourth-order valence-corrected chi connectivity index (χ4v) is 0. The van der Waals surface area contributed by atoms with Crippen LogP contribution in [-0.4, -0.2) is 17.1 Å². The maximum atomic E-state index is 8.55. The Morgan fingerprint density at radius 3 is 1.14 bits per heavy atom. The van der Waals surface area contributed by atoms with Crippen LogP contribution in [0.25, 0.3) is 0 Å². The first-order valence-corrected chi connectivity index (χ1v) is 2.19. The van der Waals surface area contributed by atoms with Crippen LogP contribution in [0.3, 0.4) is 0 Å². The zero-order chi connectivity index (χ0) is 4.50. The van der Waals surface area contributed by atoms with E-state index in [0.29, 0.717) is 0 Å². The Morgan fingerprint density at radius 2 is 1.14 bits per heavy atom. The minimum absolute atomic E-state index is 0. The maximum Gasteiger partial charge on any atom is 5.00 e. The van der Waals surface area contributed by atoms with Gasteiger partial charge in [0.05, 0.1) is 0 Å². The first-order valence-electron chi connectivity index (χ1n) is 0.730. The molecule has 0 aliphatic heterocycles. The summed E-state index contributed by atoms with van der Waals surface area (Å²) < 4.78 is 8.55. The second-order valence-electron chi connectivity index (χ2n) is 0.447. The number of phosphoric acid groups is 1. The van der Waals surface area contributed by atoms with Gasteiger partial charge in [-0.25, -0.2) is 0 Å². The Morgan fingerprint density at radius 1 is 1.14 bits per heavy atom. The molecule has 7 heavy (non-hydrogen) atoms. The Balaban J connectivity index is -0.0000000800. The van der Waals surface area contributed by atoms with Crippen molar-refractivity contribution >= 4 is 24.9 Å². The third-order valence-electron chi connectivity index (χ3n) is 0. The maximum absolute atomic E-state index is 8.55. The van der Waals surface area contributed by atoms with E-state index in [4.69, 9.17) is 19.2 Å². The van der Waals surface area contributed by atoms with E-state index in [0.717, 1.165) is 0 Å². The van der Waals surface area contributed by atoms with E-state index in [1.54, 1.807) is 0 Å². The minimum Gasteiger partial charge on any atom is -2.00 e. The van der Waals surface area contributed by atoms with Gasteiger partial charge >= 0.3 is 17.1 Å². The van der Waals surface area contributed by atoms with Crippen LogP contribution in [0.2, 0.25) is 0 Å². The average Bonchev–Trinajstić information content (AvgIpc) is 0.722. The quantitative estimate of drug-likeness (QED) is 0.323. The van der Waals surface area contributed by atoms with Crippen molar-refractivity contribution in [2.75, 3.05) is 0 Å². The third-order valence-corrected chi connectivity index (χ3v) is 0. The first kappa shape index (κ1) is 15.7. The average molecular weight is 229 g/mol. The van der Waals surface area contributed by atoms with Crippen LogP contribution in [0.1, 0.15) is 0 Å². The topological polar surface area (TPSA) is 86.2 Å². The second kappa shape index (κ2) is 5.29. The standard InChI is InChI=1S/Mn.H3O4P.Se/c;1-5(2,3)4;/h;(H3,1,2,3,4);/q+5;;-2/p-3. The molecule has 0 aromatic rings. The molecule has 0 aromatic carbocycles. The predicted octanol–water partition coefficient (Wildman–Crippen LogP) is -3.21. The summed E-state index contributed by atoms with van der Waals surface area (Å²) in [5.41, 5.74) is 0. The molecule has 0 fully saturated rings. The Labute approximate surface area is 61.5 Å². The van der Waals surface area contributed by atoms with Crippen LogP contribution in [0.5, 0.6) is 0 Å². The van der Waals surface area contributed by atoms with Crippen molar-refractivity contribution in [2.45, 2.75) is 0 Å². The molecule has 42 valence electrons. The molecule has 0 saturated carbocycles. The van der Waals surface area contributed by atoms with Gasteiger partial charge in [0.15, 0.2) is 0 Å². The van der Waals surface area contributed by atoms with Crippen LogP contribution >= 0.6 is 7.82 Å². The minimum atomic E-state index is -5.39. The van der Waals surface area contributed by atoms with Crippen molar-refractivity contribution in [2.24, 2.45) is 0 Å². The van der Waals surface area contributed by atoms with Crippen LogP contribution in [0.4, 0.5) is 0 Å². The number of rotatable bonds is 0. The van der Waals surface area contributed by atoms with Crippen molar-refractivity contribution < 1.29 is 36.3 Å². The molecule has 4 nitrogen and oxygen atoms in total. The molecule has 0 amide bonds. The molecule has 0 bridgehead atoms. The van der Waals surface area contributed by atoms with Gasteiger partial charge in [-0.05, 0) is 0 Å². The number of hydrogen-bond acceptors (Lipinski definition) is 4. The summed E-state index contributed by atoms with van der Waals surface area (Å²) in [4.78, 5) is 25.6. The summed E-state index contributed by atoms with van der Waals surface area (Å²) in [5.74, 6) is 0. The molecule has 0 aromatic heterocycles. The van der Waals surface area contributed by atoms with Crippen LogP contribution in [0.15, 0.2) is 0 Å². The zero-order valence-corrected chi connectivity index (χ0v) is 6.65. The van der Waals surface area contributed by atoms with Crippen molar-refractivity contribution in [1.29, 1.82) is 0 Å². The molecule has 0 rings (SSSR count). The van der Waals surface area contributed by atoms with E-state index in [-0.39, 0.29) is 34.1 Å². The van der Waals surface area contributed by atoms with E-state index in [9.17, 15) is 0 Å². The summed E-state index contributed by atoms with van der Waals surface area (Å²) in [5, 5.41) is 0. The summed E-state index contributed by atoms with van der Waals surface area (Å²) in [6.45, 7) is 0. The first-order chi connectivity index (χ1) is 2.00. The van der Waals surface area contributed by atoms with Gasteiger partial charge in [0.2, 0.25) is 0 Å². The van der Waals surface area contributed by atoms with E-state index in [1.807, 2.05) is 0 Å². The number of hydrogen-bond donors (Lipinski definition) is 0. The van der Waals surface area contributed by atoms with Gasteiger partial charge < -0.3 is 36.3 Å². The smallest absolute Gasteiger partial charge is 2.00 e. The second-order valence-corrected chi connectivity index (χ2v) is 1.34. The van der Waals surface area contributed by atoms with Gasteiger partial charge in [0.25, 0.3) is 0 Å². The fourth-order valence-electron chi connectivity index (χ4n) is 0. The van der Waals surface area contributed by atoms with Crippen molar-refractivity contribution in [3.63, 3.8) is 0 Å². The van der Waals surface area contributed by atoms with E-state index < -0.39 is 7.82 Å². The van der Waals surface area contributed by atoms with Gasteiger partial charge in [-0.3, -0.25) is 0 Å². The van der Waals surface area contributed by atoms with Crippen molar-refractivity contribution in [3.05, 3.63) is 0 Å². The molecular weight excluding hydrogens is 229 g/mol. The van der Waals surface area contributed by atoms with E-state index >= 15 is 0 Å². The molecule has 0 unspecified atom stereocenters. The molecule has 0 N–H and O–H groups in total. The molecule has 0 heterocycles. The normalized spacial score (nSPS) is 8.43. The van der Waals surface area contributed by atoms with Crippen LogP contribution in [-0.2, 0) is 21.6 Å². The van der Waals surface area contributed by atoms with E-state index in [1.165, 1.54) is 0 Å². The molecule has 0 aliphatic rings. The largest absolute Gasteiger partial charge is 5.00 e. The van der Waals surface area contributed by atoms with Crippen LogP contribution in [0, 0.1) is 0 Å². The monoisotopic (exact) mass is 230 g/mol. The Bertz CT molecular complexity index is 57.8. The van der Waals surface area contributed by atoms with Crippen molar-refractivity contribution in [3.8, 4) is 0 Å². The Kier molecular flexibility index (Phi) is 11.9. The molecule has 7 heteroatoms. The van der Waals surface area contributed by atoms with Crippen molar-refractivity contribution in [1.82, 2.24) is 0 Å². The molecule has 0 atom stereocenters. The van der Waals surface area contributed by atoms with Gasteiger partial charge in [-0.15, -0.1) is 0 Å². The predicted molar refractivity (Wildman–Crippen MR) is 13.4 cm³/mol. The summed E-state index contributed by atoms with van der Waals surface area (Å²) in [6.07, 6.45) is 0. The molecule has 0 spiro atoms. The van der Waals surface area contributed by atoms with Gasteiger partial charge in [0.1, 0.15) is 0 Å². The van der Waals surface area contributed by atoms with Gasteiger partial charge in [-0.1, -0.05) is 0 Å². The molecule has 0 aliphatic carbocycles.